The molecule has 2 atom stereocenters. The van der Waals surface area contributed by atoms with Crippen molar-refractivity contribution in [1.82, 2.24) is 4.90 Å². The summed E-state index contributed by atoms with van der Waals surface area (Å²) in [4.78, 5) is 25.3. The van der Waals surface area contributed by atoms with Crippen LogP contribution < -0.4 is 14.2 Å². The molecule has 1 aliphatic heterocycles. The number of rotatable bonds is 6. The summed E-state index contributed by atoms with van der Waals surface area (Å²) >= 11 is 0. The normalized spacial score (nSPS) is 19.4. The minimum absolute atomic E-state index is 0.0659. The Balaban J connectivity index is 2.32. The second-order valence-corrected chi connectivity index (χ2v) is 6.50. The van der Waals surface area contributed by atoms with Crippen molar-refractivity contribution in [3.63, 3.8) is 0 Å². The zero-order valence-corrected chi connectivity index (χ0v) is 16.3. The number of carbonyl (C=O) groups is 1. The van der Waals surface area contributed by atoms with Crippen molar-refractivity contribution in [3.05, 3.63) is 21.7 Å². The summed E-state index contributed by atoms with van der Waals surface area (Å²) in [5, 5.41) is 11.6. The van der Waals surface area contributed by atoms with Crippen LogP contribution >= 0.6 is 0 Å². The molecule has 27 heavy (non-hydrogen) atoms. The van der Waals surface area contributed by atoms with E-state index in [1.807, 2.05) is 13.8 Å². The van der Waals surface area contributed by atoms with Crippen LogP contribution in [0.15, 0.2) is 6.07 Å². The van der Waals surface area contributed by atoms with E-state index in [0.29, 0.717) is 0 Å². The van der Waals surface area contributed by atoms with E-state index in [9.17, 15) is 14.9 Å². The molecule has 1 aliphatic rings. The van der Waals surface area contributed by atoms with Crippen LogP contribution in [0.3, 0.4) is 0 Å². The Kier molecular flexibility index (Phi) is 6.70. The molecule has 0 radical (unpaired) electrons. The quantitative estimate of drug-likeness (QED) is 0.548. The predicted molar refractivity (Wildman–Crippen MR) is 97.6 cm³/mol. The molecule has 0 N–H and O–H groups in total. The average Bonchev–Trinajstić information content (AvgIpc) is 2.64. The zero-order valence-electron chi connectivity index (χ0n) is 16.3. The molecule has 1 saturated heterocycles. The SMILES string of the molecule is COc1cc(COC(=O)N2C(C)CCCC2C)c([N+](=O)[O-])c(OC)c1OC. The topological polar surface area (TPSA) is 100 Å². The first kappa shape index (κ1) is 20.6. The predicted octanol–water partition coefficient (Wildman–Crippen LogP) is 3.52. The molecule has 2 rings (SSSR count). The molecule has 1 fully saturated rings. The Hall–Kier alpha value is -2.71. The Labute approximate surface area is 158 Å². The highest BCUT2D eigenvalue weighted by Crippen LogP contribution is 2.46. The van der Waals surface area contributed by atoms with E-state index in [1.54, 1.807) is 4.90 Å². The molecule has 0 aromatic heterocycles. The molecule has 0 spiro atoms. The highest BCUT2D eigenvalue weighted by Gasteiger charge is 2.32. The van der Waals surface area contributed by atoms with E-state index in [0.717, 1.165) is 19.3 Å². The average molecular weight is 382 g/mol. The number of nitro benzene ring substituents is 1. The van der Waals surface area contributed by atoms with Crippen molar-refractivity contribution in [2.75, 3.05) is 21.3 Å². The Morgan fingerprint density at radius 2 is 1.74 bits per heavy atom. The number of nitrogens with zero attached hydrogens (tertiary/aromatic N) is 2. The van der Waals surface area contributed by atoms with Crippen LogP contribution in [0.4, 0.5) is 10.5 Å². The Bertz CT molecular complexity index is 697. The molecule has 1 amide bonds. The molecule has 9 heteroatoms. The molecular formula is C18H26N2O7. The second kappa shape index (κ2) is 8.79. The van der Waals surface area contributed by atoms with Crippen molar-refractivity contribution in [2.45, 2.75) is 51.8 Å². The lowest BCUT2D eigenvalue weighted by Crippen LogP contribution is -2.47. The number of amides is 1. The standard InChI is InChI=1S/C18H26N2O7/c1-11-7-6-8-12(2)19(11)18(21)27-10-13-9-14(24-3)16(25-4)17(26-5)15(13)20(22)23/h9,11-12H,6-8,10H2,1-5H3. The van der Waals surface area contributed by atoms with E-state index in [2.05, 4.69) is 0 Å². The number of methoxy groups -OCH3 is 3. The fraction of sp³-hybridized carbons (Fsp3) is 0.611. The van der Waals surface area contributed by atoms with Gasteiger partial charge in [-0.1, -0.05) is 0 Å². The van der Waals surface area contributed by atoms with Gasteiger partial charge in [-0.25, -0.2) is 4.79 Å². The van der Waals surface area contributed by atoms with Gasteiger partial charge in [-0.3, -0.25) is 10.1 Å². The molecule has 9 nitrogen and oxygen atoms in total. The maximum atomic E-state index is 12.6. The Morgan fingerprint density at radius 1 is 1.15 bits per heavy atom. The van der Waals surface area contributed by atoms with Gasteiger partial charge in [-0.15, -0.1) is 0 Å². The number of hydrogen-bond acceptors (Lipinski definition) is 7. The van der Waals surface area contributed by atoms with Crippen LogP contribution in [-0.2, 0) is 11.3 Å². The van der Waals surface area contributed by atoms with Crippen LogP contribution in [-0.4, -0.2) is 49.3 Å². The summed E-state index contributed by atoms with van der Waals surface area (Å²) in [7, 11) is 4.08. The molecule has 1 aromatic carbocycles. The van der Waals surface area contributed by atoms with Crippen LogP contribution in [0.25, 0.3) is 0 Å². The number of nitro groups is 1. The van der Waals surface area contributed by atoms with Gasteiger partial charge in [0.05, 0.1) is 31.8 Å². The fourth-order valence-corrected chi connectivity index (χ4v) is 3.50. The highest BCUT2D eigenvalue weighted by molar-refractivity contribution is 5.70. The van der Waals surface area contributed by atoms with Crippen molar-refractivity contribution >= 4 is 11.8 Å². The lowest BCUT2D eigenvalue weighted by molar-refractivity contribution is -0.386. The van der Waals surface area contributed by atoms with Gasteiger partial charge in [0.15, 0.2) is 5.75 Å². The smallest absolute Gasteiger partial charge is 0.410 e. The summed E-state index contributed by atoms with van der Waals surface area (Å²) < 4.78 is 21.0. The van der Waals surface area contributed by atoms with Gasteiger partial charge in [0.2, 0.25) is 11.5 Å². The zero-order chi connectivity index (χ0) is 20.1. The minimum Gasteiger partial charge on any atom is -0.493 e. The van der Waals surface area contributed by atoms with Crippen molar-refractivity contribution < 1.29 is 28.7 Å². The van der Waals surface area contributed by atoms with Gasteiger partial charge in [0.25, 0.3) is 0 Å². The third kappa shape index (κ3) is 4.17. The number of ether oxygens (including phenoxy) is 4. The molecule has 0 bridgehead atoms. The third-order valence-electron chi connectivity index (χ3n) is 4.82. The van der Waals surface area contributed by atoms with Crippen LogP contribution in [0.2, 0.25) is 0 Å². The summed E-state index contributed by atoms with van der Waals surface area (Å²) in [6.07, 6.45) is 2.38. The van der Waals surface area contributed by atoms with Crippen molar-refractivity contribution in [1.29, 1.82) is 0 Å². The summed E-state index contributed by atoms with van der Waals surface area (Å²) in [6.45, 7) is 3.67. The monoisotopic (exact) mass is 382 g/mol. The van der Waals surface area contributed by atoms with Gasteiger partial charge < -0.3 is 23.8 Å². The van der Waals surface area contributed by atoms with Crippen LogP contribution in [0, 0.1) is 10.1 Å². The van der Waals surface area contributed by atoms with E-state index in [1.165, 1.54) is 27.4 Å². The first-order valence-corrected chi connectivity index (χ1v) is 8.76. The van der Waals surface area contributed by atoms with Crippen molar-refractivity contribution in [2.24, 2.45) is 0 Å². The van der Waals surface area contributed by atoms with Gasteiger partial charge >= 0.3 is 11.8 Å². The molecule has 0 saturated carbocycles. The summed E-state index contributed by atoms with van der Waals surface area (Å²) in [5.74, 6) is 0.290. The summed E-state index contributed by atoms with van der Waals surface area (Å²) in [5.41, 5.74) is -0.150. The second-order valence-electron chi connectivity index (χ2n) is 6.50. The number of piperidine rings is 1. The van der Waals surface area contributed by atoms with E-state index in [4.69, 9.17) is 18.9 Å². The molecular weight excluding hydrogens is 356 g/mol. The van der Waals surface area contributed by atoms with Crippen LogP contribution in [0.5, 0.6) is 17.2 Å². The van der Waals surface area contributed by atoms with Crippen molar-refractivity contribution in [3.8, 4) is 17.2 Å². The number of hydrogen-bond donors (Lipinski definition) is 0. The van der Waals surface area contributed by atoms with Crippen LogP contribution in [0.1, 0.15) is 38.7 Å². The fourth-order valence-electron chi connectivity index (χ4n) is 3.50. The first-order valence-electron chi connectivity index (χ1n) is 8.76. The lowest BCUT2D eigenvalue weighted by Gasteiger charge is -2.37. The number of likely N-dealkylation sites (tertiary alicyclic amines) is 1. The maximum absolute atomic E-state index is 12.6. The maximum Gasteiger partial charge on any atom is 0.410 e. The van der Waals surface area contributed by atoms with Gasteiger partial charge in [-0.05, 0) is 39.2 Å². The summed E-state index contributed by atoms with van der Waals surface area (Å²) in [6, 6.07) is 1.56. The molecule has 1 aromatic rings. The van der Waals surface area contributed by atoms with Gasteiger partial charge in [-0.2, -0.15) is 0 Å². The van der Waals surface area contributed by atoms with E-state index >= 15 is 0 Å². The lowest BCUT2D eigenvalue weighted by atomic mass is 9.98. The molecule has 2 unspecified atom stereocenters. The number of carbonyl (C=O) groups excluding carboxylic acids is 1. The molecule has 150 valence electrons. The van der Waals surface area contributed by atoms with E-state index < -0.39 is 11.0 Å². The Morgan fingerprint density at radius 3 is 2.22 bits per heavy atom. The highest BCUT2D eigenvalue weighted by atomic mass is 16.6. The third-order valence-corrected chi connectivity index (χ3v) is 4.82. The largest absolute Gasteiger partial charge is 0.493 e. The van der Waals surface area contributed by atoms with Gasteiger partial charge in [0, 0.05) is 12.1 Å². The minimum atomic E-state index is -0.587. The first-order chi connectivity index (χ1) is 12.8. The van der Waals surface area contributed by atoms with Gasteiger partial charge in [0.1, 0.15) is 6.61 Å². The number of benzene rings is 1. The molecule has 1 heterocycles. The molecule has 0 aliphatic carbocycles. The van der Waals surface area contributed by atoms with E-state index in [-0.39, 0.29) is 47.2 Å².